The van der Waals surface area contributed by atoms with E-state index < -0.39 is 0 Å². The number of carbonyl (C=O) groups excluding carboxylic acids is 1. The van der Waals surface area contributed by atoms with Gasteiger partial charge in [0, 0.05) is 18.9 Å². The molecule has 0 aromatic rings. The molecule has 0 spiro atoms. The molecule has 1 saturated heterocycles. The van der Waals surface area contributed by atoms with Crippen molar-refractivity contribution in [3.8, 4) is 0 Å². The zero-order chi connectivity index (χ0) is 9.80. The maximum atomic E-state index is 11.6. The molecular formula is C12H20O2. The minimum atomic E-state index is 0.430. The molecular weight excluding hydrogens is 176 g/mol. The lowest BCUT2D eigenvalue weighted by atomic mass is 9.80. The standard InChI is InChI=1S/C12H20O2/c13-12(10-4-1-5-10)8-2-6-11-7-3-9-14-11/h10-11H,1-9H2. The van der Waals surface area contributed by atoms with Gasteiger partial charge < -0.3 is 4.74 Å². The van der Waals surface area contributed by atoms with Crippen molar-refractivity contribution in [3.63, 3.8) is 0 Å². The highest BCUT2D eigenvalue weighted by molar-refractivity contribution is 5.81. The molecule has 0 N–H and O–H groups in total. The van der Waals surface area contributed by atoms with E-state index in [2.05, 4.69) is 0 Å². The molecule has 2 rings (SSSR count). The summed E-state index contributed by atoms with van der Waals surface area (Å²) in [5.74, 6) is 0.939. The van der Waals surface area contributed by atoms with E-state index in [9.17, 15) is 4.79 Å². The molecule has 1 aliphatic heterocycles. The summed E-state index contributed by atoms with van der Waals surface area (Å²) in [6.07, 6.45) is 9.38. The van der Waals surface area contributed by atoms with Crippen LogP contribution in [-0.2, 0) is 9.53 Å². The lowest BCUT2D eigenvalue weighted by Crippen LogP contribution is -2.21. The van der Waals surface area contributed by atoms with Crippen LogP contribution in [-0.4, -0.2) is 18.5 Å². The fourth-order valence-corrected chi connectivity index (χ4v) is 2.31. The molecule has 14 heavy (non-hydrogen) atoms. The lowest BCUT2D eigenvalue weighted by molar-refractivity contribution is -0.125. The third-order valence-corrected chi connectivity index (χ3v) is 3.53. The number of ketones is 1. The van der Waals surface area contributed by atoms with Crippen LogP contribution in [0.5, 0.6) is 0 Å². The second-order valence-electron chi connectivity index (χ2n) is 4.62. The summed E-state index contributed by atoms with van der Waals surface area (Å²) in [5, 5.41) is 0. The molecule has 0 amide bonds. The Hall–Kier alpha value is -0.370. The van der Waals surface area contributed by atoms with E-state index in [1.54, 1.807) is 0 Å². The number of rotatable bonds is 5. The fraction of sp³-hybridized carbons (Fsp3) is 0.917. The number of hydrogen-bond donors (Lipinski definition) is 0. The minimum Gasteiger partial charge on any atom is -0.378 e. The molecule has 1 aliphatic carbocycles. The summed E-state index contributed by atoms with van der Waals surface area (Å²) in [7, 11) is 0. The van der Waals surface area contributed by atoms with Crippen molar-refractivity contribution in [3.05, 3.63) is 0 Å². The summed E-state index contributed by atoms with van der Waals surface area (Å²) < 4.78 is 5.52. The SMILES string of the molecule is O=C(CCCC1CCCO1)C1CCC1. The van der Waals surface area contributed by atoms with Gasteiger partial charge in [0.25, 0.3) is 0 Å². The largest absolute Gasteiger partial charge is 0.378 e. The smallest absolute Gasteiger partial charge is 0.135 e. The van der Waals surface area contributed by atoms with Gasteiger partial charge in [-0.3, -0.25) is 4.79 Å². The van der Waals surface area contributed by atoms with Crippen molar-refractivity contribution in [2.24, 2.45) is 5.92 Å². The summed E-state index contributed by atoms with van der Waals surface area (Å²) in [6.45, 7) is 0.932. The molecule has 1 atom stereocenters. The van der Waals surface area contributed by atoms with Gasteiger partial charge >= 0.3 is 0 Å². The first-order valence-corrected chi connectivity index (χ1v) is 6.00. The predicted molar refractivity (Wildman–Crippen MR) is 55.2 cm³/mol. The van der Waals surface area contributed by atoms with E-state index >= 15 is 0 Å². The van der Waals surface area contributed by atoms with Crippen molar-refractivity contribution in [1.29, 1.82) is 0 Å². The second-order valence-corrected chi connectivity index (χ2v) is 4.62. The fourth-order valence-electron chi connectivity index (χ4n) is 2.31. The van der Waals surface area contributed by atoms with Gasteiger partial charge in [-0.15, -0.1) is 0 Å². The Morgan fingerprint density at radius 1 is 1.21 bits per heavy atom. The number of ether oxygens (including phenoxy) is 1. The van der Waals surface area contributed by atoms with Gasteiger partial charge in [0.15, 0.2) is 0 Å². The third kappa shape index (κ3) is 2.57. The highest BCUT2D eigenvalue weighted by Crippen LogP contribution is 2.29. The average Bonchev–Trinajstić information content (AvgIpc) is 2.53. The van der Waals surface area contributed by atoms with Crippen LogP contribution in [0.2, 0.25) is 0 Å². The Morgan fingerprint density at radius 3 is 2.64 bits per heavy atom. The van der Waals surface area contributed by atoms with Crippen LogP contribution in [0, 0.1) is 5.92 Å². The van der Waals surface area contributed by atoms with Gasteiger partial charge in [-0.1, -0.05) is 6.42 Å². The maximum Gasteiger partial charge on any atom is 0.135 e. The van der Waals surface area contributed by atoms with Crippen LogP contribution in [0.3, 0.4) is 0 Å². The Kier molecular flexibility index (Phi) is 3.57. The molecule has 1 unspecified atom stereocenters. The Bertz CT molecular complexity index is 190. The lowest BCUT2D eigenvalue weighted by Gasteiger charge is -2.23. The summed E-state index contributed by atoms with van der Waals surface area (Å²) in [4.78, 5) is 11.6. The molecule has 1 saturated carbocycles. The molecule has 1 heterocycles. The van der Waals surface area contributed by atoms with Crippen LogP contribution < -0.4 is 0 Å². The maximum absolute atomic E-state index is 11.6. The Morgan fingerprint density at radius 2 is 2.07 bits per heavy atom. The summed E-state index contributed by atoms with van der Waals surface area (Å²) in [6, 6.07) is 0. The number of Topliss-reactive ketones (excluding diaryl/α,β-unsaturated/α-hetero) is 1. The molecule has 0 aromatic carbocycles. The van der Waals surface area contributed by atoms with Gasteiger partial charge in [0.1, 0.15) is 5.78 Å². The van der Waals surface area contributed by atoms with E-state index in [0.29, 0.717) is 17.8 Å². The third-order valence-electron chi connectivity index (χ3n) is 3.53. The molecule has 0 bridgehead atoms. The number of carbonyl (C=O) groups is 1. The minimum absolute atomic E-state index is 0.430. The molecule has 2 nitrogen and oxygen atoms in total. The van der Waals surface area contributed by atoms with E-state index in [1.165, 1.54) is 19.3 Å². The van der Waals surface area contributed by atoms with Crippen molar-refractivity contribution >= 4 is 5.78 Å². The van der Waals surface area contributed by atoms with E-state index in [1.807, 2.05) is 0 Å². The van der Waals surface area contributed by atoms with E-state index in [0.717, 1.165) is 38.7 Å². The normalized spacial score (nSPS) is 27.6. The average molecular weight is 196 g/mol. The highest BCUT2D eigenvalue weighted by atomic mass is 16.5. The molecule has 2 heteroatoms. The van der Waals surface area contributed by atoms with Crippen molar-refractivity contribution in [1.82, 2.24) is 0 Å². The van der Waals surface area contributed by atoms with E-state index in [4.69, 9.17) is 4.74 Å². The summed E-state index contributed by atoms with van der Waals surface area (Å²) in [5.41, 5.74) is 0. The molecule has 2 fully saturated rings. The topological polar surface area (TPSA) is 26.3 Å². The Labute approximate surface area is 86.0 Å². The first-order chi connectivity index (χ1) is 6.86. The van der Waals surface area contributed by atoms with Crippen molar-refractivity contribution in [2.75, 3.05) is 6.61 Å². The van der Waals surface area contributed by atoms with Crippen LogP contribution in [0.15, 0.2) is 0 Å². The van der Waals surface area contributed by atoms with Crippen LogP contribution in [0.4, 0.5) is 0 Å². The zero-order valence-electron chi connectivity index (χ0n) is 8.84. The van der Waals surface area contributed by atoms with E-state index in [-0.39, 0.29) is 0 Å². The van der Waals surface area contributed by atoms with Crippen molar-refractivity contribution < 1.29 is 9.53 Å². The first kappa shape index (κ1) is 10.2. The monoisotopic (exact) mass is 196 g/mol. The van der Waals surface area contributed by atoms with Crippen LogP contribution in [0.25, 0.3) is 0 Å². The Balaban J connectivity index is 1.55. The van der Waals surface area contributed by atoms with Gasteiger partial charge in [0.05, 0.1) is 6.10 Å². The second kappa shape index (κ2) is 4.92. The quantitative estimate of drug-likeness (QED) is 0.675. The predicted octanol–water partition coefficient (Wildman–Crippen LogP) is 2.70. The molecule has 0 aromatic heterocycles. The van der Waals surface area contributed by atoms with Gasteiger partial charge in [-0.2, -0.15) is 0 Å². The highest BCUT2D eigenvalue weighted by Gasteiger charge is 2.24. The first-order valence-electron chi connectivity index (χ1n) is 6.00. The summed E-state index contributed by atoms with van der Waals surface area (Å²) >= 11 is 0. The van der Waals surface area contributed by atoms with Crippen molar-refractivity contribution in [2.45, 2.75) is 57.5 Å². The van der Waals surface area contributed by atoms with Gasteiger partial charge in [-0.25, -0.2) is 0 Å². The molecule has 80 valence electrons. The van der Waals surface area contributed by atoms with Crippen LogP contribution in [0.1, 0.15) is 51.4 Å². The molecule has 2 aliphatic rings. The van der Waals surface area contributed by atoms with Crippen LogP contribution >= 0.6 is 0 Å². The molecule has 0 radical (unpaired) electrons. The van der Waals surface area contributed by atoms with Gasteiger partial charge in [0.2, 0.25) is 0 Å². The zero-order valence-corrected chi connectivity index (χ0v) is 8.84. The number of hydrogen-bond acceptors (Lipinski definition) is 2. The van der Waals surface area contributed by atoms with Gasteiger partial charge in [-0.05, 0) is 38.5 Å².